The van der Waals surface area contributed by atoms with Crippen LogP contribution in [0.4, 0.5) is 0 Å². The van der Waals surface area contributed by atoms with E-state index in [0.717, 1.165) is 24.5 Å². The van der Waals surface area contributed by atoms with E-state index in [1.165, 1.54) is 12.4 Å². The maximum absolute atomic E-state index is 12.6. The third kappa shape index (κ3) is 3.23. The fourth-order valence-electron chi connectivity index (χ4n) is 2.80. The average Bonchev–Trinajstić information content (AvgIpc) is 2.98. The van der Waals surface area contributed by atoms with Gasteiger partial charge in [0, 0.05) is 13.0 Å². The summed E-state index contributed by atoms with van der Waals surface area (Å²) in [5.41, 5.74) is 0.555. The summed E-state index contributed by atoms with van der Waals surface area (Å²) in [4.78, 5) is 19.1. The van der Waals surface area contributed by atoms with E-state index in [0.29, 0.717) is 24.6 Å². The number of carbonyl (C=O) groups is 1. The Morgan fingerprint density at radius 2 is 2.17 bits per heavy atom. The van der Waals surface area contributed by atoms with Crippen LogP contribution in [-0.4, -0.2) is 42.3 Å². The van der Waals surface area contributed by atoms with Crippen LogP contribution in [0.5, 0.6) is 0 Å². The molecule has 0 N–H and O–H groups in total. The van der Waals surface area contributed by atoms with Crippen molar-refractivity contribution < 1.29 is 4.79 Å². The molecule has 0 saturated heterocycles. The summed E-state index contributed by atoms with van der Waals surface area (Å²) in [6.45, 7) is 7.70. The number of rotatable bonds is 4. The first-order valence-electron chi connectivity index (χ1n) is 8.07. The molecule has 3 heterocycles. The minimum atomic E-state index is -0.0929. The van der Waals surface area contributed by atoms with Crippen LogP contribution < -0.4 is 0 Å². The lowest BCUT2D eigenvalue weighted by Crippen LogP contribution is -2.41. The van der Waals surface area contributed by atoms with E-state index in [1.54, 1.807) is 6.07 Å². The Kier molecular flexibility index (Phi) is 4.36. The summed E-state index contributed by atoms with van der Waals surface area (Å²) in [7, 11) is 0. The molecule has 0 bridgehead atoms. The van der Waals surface area contributed by atoms with E-state index < -0.39 is 0 Å². The first-order valence-corrected chi connectivity index (χ1v) is 8.07. The molecule has 0 fully saturated rings. The van der Waals surface area contributed by atoms with Crippen LogP contribution in [0.1, 0.15) is 55.2 Å². The van der Waals surface area contributed by atoms with Crippen molar-refractivity contribution in [3.8, 4) is 0 Å². The molecular formula is C16H22N6O. The van der Waals surface area contributed by atoms with Gasteiger partial charge in [-0.3, -0.25) is 4.79 Å². The summed E-state index contributed by atoms with van der Waals surface area (Å²) >= 11 is 0. The van der Waals surface area contributed by atoms with Crippen molar-refractivity contribution in [3.63, 3.8) is 0 Å². The van der Waals surface area contributed by atoms with Gasteiger partial charge in [-0.2, -0.15) is 15.3 Å². The summed E-state index contributed by atoms with van der Waals surface area (Å²) in [6, 6.07) is 1.60. The van der Waals surface area contributed by atoms with Crippen LogP contribution in [-0.2, 0) is 13.0 Å². The molecule has 0 saturated carbocycles. The molecule has 0 unspecified atom stereocenters. The average molecular weight is 314 g/mol. The largest absolute Gasteiger partial charge is 0.327 e. The number of amides is 1. The summed E-state index contributed by atoms with van der Waals surface area (Å²) in [6.07, 6.45) is 4.99. The van der Waals surface area contributed by atoms with E-state index >= 15 is 0 Å². The van der Waals surface area contributed by atoms with E-state index in [4.69, 9.17) is 0 Å². The van der Waals surface area contributed by atoms with Crippen molar-refractivity contribution in [2.24, 2.45) is 5.92 Å². The summed E-state index contributed by atoms with van der Waals surface area (Å²) < 4.78 is 1.94. The lowest BCUT2D eigenvalue weighted by atomic mass is 10.1. The van der Waals surface area contributed by atoms with Crippen LogP contribution in [0, 0.1) is 5.92 Å². The maximum Gasteiger partial charge on any atom is 0.256 e. The Morgan fingerprint density at radius 1 is 1.35 bits per heavy atom. The van der Waals surface area contributed by atoms with Gasteiger partial charge in [-0.15, -0.1) is 0 Å². The molecule has 0 spiro atoms. The second-order valence-electron chi connectivity index (χ2n) is 6.35. The maximum atomic E-state index is 12.6. The molecule has 7 nitrogen and oxygen atoms in total. The minimum absolute atomic E-state index is 0.0367. The number of fused-ring (bicyclic) bond motifs is 1. The zero-order valence-corrected chi connectivity index (χ0v) is 13.8. The standard InChI is InChI=1S/C16H22N6O/c1-11(2)4-5-14-19-15-12(3)21(8-9-22(15)20-14)16(23)13-6-7-17-18-10-13/h6-7,10-12H,4-5,8-9H2,1-3H3/t12-/m1/s1. The Morgan fingerprint density at radius 3 is 2.87 bits per heavy atom. The monoisotopic (exact) mass is 314 g/mol. The number of hydrogen-bond donors (Lipinski definition) is 0. The topological polar surface area (TPSA) is 76.8 Å². The summed E-state index contributed by atoms with van der Waals surface area (Å²) in [5.74, 6) is 2.33. The number of aryl methyl sites for hydroxylation is 1. The molecule has 1 atom stereocenters. The summed E-state index contributed by atoms with van der Waals surface area (Å²) in [5, 5.41) is 12.1. The van der Waals surface area contributed by atoms with E-state index in [9.17, 15) is 4.79 Å². The number of aromatic nitrogens is 5. The van der Waals surface area contributed by atoms with Gasteiger partial charge in [0.15, 0.2) is 5.82 Å². The predicted octanol–water partition coefficient (Wildman–Crippen LogP) is 1.87. The molecule has 23 heavy (non-hydrogen) atoms. The van der Waals surface area contributed by atoms with Gasteiger partial charge in [0.2, 0.25) is 0 Å². The molecule has 3 rings (SSSR count). The fraction of sp³-hybridized carbons (Fsp3) is 0.562. The second-order valence-corrected chi connectivity index (χ2v) is 6.35. The SMILES string of the molecule is CC(C)CCc1nc2n(n1)CCN(C(=O)c1ccnnc1)[C@@H]2C. The molecule has 2 aromatic heterocycles. The number of hydrogen-bond acceptors (Lipinski definition) is 5. The molecule has 2 aromatic rings. The van der Waals surface area contributed by atoms with Crippen molar-refractivity contribution in [1.29, 1.82) is 0 Å². The van der Waals surface area contributed by atoms with Crippen LogP contribution >= 0.6 is 0 Å². The molecule has 1 amide bonds. The van der Waals surface area contributed by atoms with Gasteiger partial charge in [0.05, 0.1) is 30.5 Å². The van der Waals surface area contributed by atoms with Gasteiger partial charge in [-0.05, 0) is 25.3 Å². The smallest absolute Gasteiger partial charge is 0.256 e. The van der Waals surface area contributed by atoms with Crippen LogP contribution in [0.25, 0.3) is 0 Å². The van der Waals surface area contributed by atoms with E-state index in [1.807, 2.05) is 16.5 Å². The number of nitrogens with zero attached hydrogens (tertiary/aromatic N) is 6. The number of carbonyl (C=O) groups excluding carboxylic acids is 1. The van der Waals surface area contributed by atoms with Crippen molar-refractivity contribution in [2.45, 2.75) is 46.2 Å². The predicted molar refractivity (Wildman–Crippen MR) is 84.7 cm³/mol. The Labute approximate surface area is 135 Å². The van der Waals surface area contributed by atoms with Crippen molar-refractivity contribution >= 4 is 5.91 Å². The first kappa shape index (κ1) is 15.6. The first-order chi connectivity index (χ1) is 11.1. The van der Waals surface area contributed by atoms with Gasteiger partial charge in [0.1, 0.15) is 5.82 Å². The fourth-order valence-corrected chi connectivity index (χ4v) is 2.80. The molecule has 1 aliphatic heterocycles. The Balaban J connectivity index is 1.78. The third-order valence-electron chi connectivity index (χ3n) is 4.18. The van der Waals surface area contributed by atoms with Crippen LogP contribution in [0.15, 0.2) is 18.5 Å². The highest BCUT2D eigenvalue weighted by Crippen LogP contribution is 2.25. The Hall–Kier alpha value is -2.31. The molecular weight excluding hydrogens is 292 g/mol. The van der Waals surface area contributed by atoms with E-state index in [2.05, 4.69) is 34.1 Å². The van der Waals surface area contributed by atoms with Gasteiger partial charge >= 0.3 is 0 Å². The zero-order valence-electron chi connectivity index (χ0n) is 13.8. The highest BCUT2D eigenvalue weighted by atomic mass is 16.2. The quantitative estimate of drug-likeness (QED) is 0.861. The van der Waals surface area contributed by atoms with E-state index in [-0.39, 0.29) is 11.9 Å². The van der Waals surface area contributed by atoms with Crippen LogP contribution in [0.2, 0.25) is 0 Å². The normalized spacial score (nSPS) is 17.4. The highest BCUT2D eigenvalue weighted by molar-refractivity contribution is 5.94. The van der Waals surface area contributed by atoms with Crippen LogP contribution in [0.3, 0.4) is 0 Å². The lowest BCUT2D eigenvalue weighted by molar-refractivity contribution is 0.0630. The molecule has 1 aliphatic rings. The molecule has 7 heteroatoms. The van der Waals surface area contributed by atoms with Crippen molar-refractivity contribution in [3.05, 3.63) is 35.7 Å². The van der Waals surface area contributed by atoms with Crippen molar-refractivity contribution in [1.82, 2.24) is 29.9 Å². The Bertz CT molecular complexity index is 681. The zero-order chi connectivity index (χ0) is 16.4. The van der Waals surface area contributed by atoms with Gasteiger partial charge in [-0.1, -0.05) is 13.8 Å². The van der Waals surface area contributed by atoms with Gasteiger partial charge in [0.25, 0.3) is 5.91 Å². The molecule has 0 aromatic carbocycles. The van der Waals surface area contributed by atoms with Gasteiger partial charge < -0.3 is 4.90 Å². The molecule has 0 radical (unpaired) electrons. The minimum Gasteiger partial charge on any atom is -0.327 e. The molecule has 0 aliphatic carbocycles. The third-order valence-corrected chi connectivity index (χ3v) is 4.18. The molecule has 122 valence electrons. The van der Waals surface area contributed by atoms with Gasteiger partial charge in [-0.25, -0.2) is 9.67 Å². The highest BCUT2D eigenvalue weighted by Gasteiger charge is 2.31. The second kappa shape index (κ2) is 6.44. The van der Waals surface area contributed by atoms with Crippen molar-refractivity contribution in [2.75, 3.05) is 6.54 Å². The lowest BCUT2D eigenvalue weighted by Gasteiger charge is -2.32.